The highest BCUT2D eigenvalue weighted by atomic mass is 32.1. The molecule has 0 spiro atoms. The summed E-state index contributed by atoms with van der Waals surface area (Å²) in [7, 11) is 1.60. The predicted octanol–water partition coefficient (Wildman–Crippen LogP) is 2.83. The van der Waals surface area contributed by atoms with Gasteiger partial charge in [0.15, 0.2) is 0 Å². The van der Waals surface area contributed by atoms with Gasteiger partial charge in [0.2, 0.25) is 17.7 Å². The molecule has 1 atom stereocenters. The Labute approximate surface area is 169 Å². The molecule has 1 unspecified atom stereocenters. The molecule has 0 N–H and O–H groups in total. The van der Waals surface area contributed by atoms with Crippen molar-refractivity contribution in [2.24, 2.45) is 0 Å². The number of aromatic nitrogens is 1. The van der Waals surface area contributed by atoms with E-state index in [-0.39, 0.29) is 11.8 Å². The molecule has 2 amide bonds. The number of rotatable bonds is 5. The van der Waals surface area contributed by atoms with Crippen molar-refractivity contribution in [2.75, 3.05) is 26.7 Å². The Morgan fingerprint density at radius 3 is 2.75 bits per heavy atom. The van der Waals surface area contributed by atoms with Crippen molar-refractivity contribution in [3.05, 3.63) is 45.8 Å². The molecule has 4 heterocycles. The fourth-order valence-electron chi connectivity index (χ4n) is 4.00. The molecular formula is C21H25N3O3S. The molecule has 0 aromatic carbocycles. The fourth-order valence-corrected chi connectivity index (χ4v) is 4.89. The van der Waals surface area contributed by atoms with E-state index < -0.39 is 0 Å². The zero-order valence-electron chi connectivity index (χ0n) is 16.1. The molecule has 0 bridgehead atoms. The first-order valence-electron chi connectivity index (χ1n) is 9.75. The van der Waals surface area contributed by atoms with Crippen LogP contribution < -0.4 is 4.74 Å². The Bertz CT molecular complexity index is 849. The minimum absolute atomic E-state index is 0.0746. The largest absolute Gasteiger partial charge is 0.481 e. The van der Waals surface area contributed by atoms with Gasteiger partial charge in [-0.15, -0.1) is 11.3 Å². The molecule has 2 aromatic rings. The van der Waals surface area contributed by atoms with Gasteiger partial charge in [0.05, 0.1) is 7.11 Å². The highest BCUT2D eigenvalue weighted by molar-refractivity contribution is 7.10. The topological polar surface area (TPSA) is 62.7 Å². The summed E-state index contributed by atoms with van der Waals surface area (Å²) in [6.45, 7) is 2.88. The number of hydrogen-bond acceptors (Lipinski definition) is 5. The lowest BCUT2D eigenvalue weighted by molar-refractivity contribution is -0.137. The summed E-state index contributed by atoms with van der Waals surface area (Å²) in [5.41, 5.74) is 2.39. The summed E-state index contributed by atoms with van der Waals surface area (Å²) in [5.74, 6) is 1.06. The van der Waals surface area contributed by atoms with Gasteiger partial charge in [-0.05, 0) is 35.4 Å². The van der Waals surface area contributed by atoms with Crippen molar-refractivity contribution in [3.8, 4) is 5.88 Å². The first-order chi connectivity index (χ1) is 13.6. The van der Waals surface area contributed by atoms with Gasteiger partial charge in [0.1, 0.15) is 0 Å². The van der Waals surface area contributed by atoms with Gasteiger partial charge < -0.3 is 14.5 Å². The van der Waals surface area contributed by atoms with Gasteiger partial charge in [-0.3, -0.25) is 9.59 Å². The molecule has 0 saturated carbocycles. The number of carbonyl (C=O) groups excluding carboxylic acids is 2. The van der Waals surface area contributed by atoms with Crippen LogP contribution in [0.1, 0.15) is 41.2 Å². The molecular weight excluding hydrogens is 374 g/mol. The van der Waals surface area contributed by atoms with E-state index in [2.05, 4.69) is 16.4 Å². The Morgan fingerprint density at radius 2 is 2.00 bits per heavy atom. The smallest absolute Gasteiger partial charge is 0.223 e. The fraction of sp³-hybridized carbons (Fsp3) is 0.476. The van der Waals surface area contributed by atoms with Crippen LogP contribution in [-0.4, -0.2) is 53.3 Å². The average Bonchev–Trinajstić information content (AvgIpc) is 3.40. The molecule has 1 saturated heterocycles. The normalized spacial score (nSPS) is 18.8. The molecule has 148 valence electrons. The van der Waals surface area contributed by atoms with Crippen molar-refractivity contribution in [1.29, 1.82) is 0 Å². The Kier molecular flexibility index (Phi) is 5.62. The van der Waals surface area contributed by atoms with Crippen LogP contribution in [0.15, 0.2) is 29.8 Å². The lowest BCUT2D eigenvalue weighted by Gasteiger charge is -2.27. The molecule has 1 fully saturated rings. The first-order valence-corrected chi connectivity index (χ1v) is 10.6. The van der Waals surface area contributed by atoms with Crippen LogP contribution in [0.2, 0.25) is 0 Å². The van der Waals surface area contributed by atoms with Crippen molar-refractivity contribution in [3.63, 3.8) is 0 Å². The first kappa shape index (κ1) is 18.9. The van der Waals surface area contributed by atoms with Crippen molar-refractivity contribution >= 4 is 23.2 Å². The SMILES string of the molecule is COc1ccc(C2CCN(C(=O)CCC(=O)N3CCc4sccc4C3)C2)cn1. The quantitative estimate of drug-likeness (QED) is 0.776. The third-order valence-electron chi connectivity index (χ3n) is 5.69. The predicted molar refractivity (Wildman–Crippen MR) is 107 cm³/mol. The molecule has 0 aliphatic carbocycles. The highest BCUT2D eigenvalue weighted by Crippen LogP contribution is 2.28. The lowest BCUT2D eigenvalue weighted by atomic mass is 10.0. The van der Waals surface area contributed by atoms with Gasteiger partial charge in [0, 0.05) is 62.1 Å². The highest BCUT2D eigenvalue weighted by Gasteiger charge is 2.28. The van der Waals surface area contributed by atoms with Gasteiger partial charge >= 0.3 is 0 Å². The number of thiophene rings is 1. The summed E-state index contributed by atoms with van der Waals surface area (Å²) in [4.78, 5) is 34.5. The van der Waals surface area contributed by atoms with E-state index in [0.717, 1.165) is 31.5 Å². The van der Waals surface area contributed by atoms with Crippen LogP contribution in [0.3, 0.4) is 0 Å². The summed E-state index contributed by atoms with van der Waals surface area (Å²) in [6.07, 6.45) is 4.27. The van der Waals surface area contributed by atoms with E-state index in [9.17, 15) is 9.59 Å². The van der Waals surface area contributed by atoms with Crippen LogP contribution in [0.25, 0.3) is 0 Å². The Hall–Kier alpha value is -2.41. The van der Waals surface area contributed by atoms with Crippen LogP contribution in [0.5, 0.6) is 5.88 Å². The molecule has 0 radical (unpaired) electrons. The number of methoxy groups -OCH3 is 1. The second-order valence-corrected chi connectivity index (χ2v) is 8.39. The molecule has 4 rings (SSSR count). The van der Waals surface area contributed by atoms with Crippen molar-refractivity contribution in [2.45, 2.75) is 38.1 Å². The molecule has 28 heavy (non-hydrogen) atoms. The van der Waals surface area contributed by atoms with Gasteiger partial charge in [-0.25, -0.2) is 4.98 Å². The number of amides is 2. The number of ether oxygens (including phenoxy) is 1. The van der Waals surface area contributed by atoms with Gasteiger partial charge in [-0.2, -0.15) is 0 Å². The van der Waals surface area contributed by atoms with Crippen LogP contribution >= 0.6 is 11.3 Å². The number of hydrogen-bond donors (Lipinski definition) is 0. The van der Waals surface area contributed by atoms with Gasteiger partial charge in [0.25, 0.3) is 0 Å². The standard InChI is InChI=1S/C21H25N3O3S/c1-27-19-3-2-15(12-22-19)16-6-9-23(13-16)20(25)4-5-21(26)24-10-7-18-17(14-24)8-11-28-18/h2-3,8,11-12,16H,4-7,9-10,13-14H2,1H3. The second kappa shape index (κ2) is 8.31. The maximum absolute atomic E-state index is 12.6. The third kappa shape index (κ3) is 4.04. The second-order valence-electron chi connectivity index (χ2n) is 7.39. The van der Waals surface area contributed by atoms with Gasteiger partial charge in [-0.1, -0.05) is 6.07 Å². The zero-order chi connectivity index (χ0) is 19.5. The summed E-state index contributed by atoms with van der Waals surface area (Å²) in [6, 6.07) is 5.97. The van der Waals surface area contributed by atoms with Crippen molar-refractivity contribution < 1.29 is 14.3 Å². The minimum atomic E-state index is 0.0746. The number of fused-ring (bicyclic) bond motifs is 1. The maximum atomic E-state index is 12.6. The van der Waals surface area contributed by atoms with Crippen LogP contribution in [-0.2, 0) is 22.6 Å². The lowest BCUT2D eigenvalue weighted by Crippen LogP contribution is -2.36. The summed E-state index contributed by atoms with van der Waals surface area (Å²) in [5, 5.41) is 2.09. The minimum Gasteiger partial charge on any atom is -0.481 e. The molecule has 2 aromatic heterocycles. The Balaban J connectivity index is 1.26. The van der Waals surface area contributed by atoms with E-state index in [4.69, 9.17) is 4.74 Å². The van der Waals surface area contributed by atoms with Crippen LogP contribution in [0, 0.1) is 0 Å². The maximum Gasteiger partial charge on any atom is 0.223 e. The number of nitrogens with zero attached hydrogens (tertiary/aromatic N) is 3. The van der Waals surface area contributed by atoms with E-state index >= 15 is 0 Å². The van der Waals surface area contributed by atoms with E-state index in [1.54, 1.807) is 18.4 Å². The number of likely N-dealkylation sites (tertiary alicyclic amines) is 1. The molecule has 2 aliphatic heterocycles. The third-order valence-corrected chi connectivity index (χ3v) is 6.72. The number of carbonyl (C=O) groups is 2. The average molecular weight is 400 g/mol. The Morgan fingerprint density at radius 1 is 1.18 bits per heavy atom. The molecule has 6 nitrogen and oxygen atoms in total. The van der Waals surface area contributed by atoms with E-state index in [1.165, 1.54) is 10.4 Å². The zero-order valence-corrected chi connectivity index (χ0v) is 16.9. The van der Waals surface area contributed by atoms with Crippen LogP contribution in [0.4, 0.5) is 0 Å². The van der Waals surface area contributed by atoms with Crippen molar-refractivity contribution in [1.82, 2.24) is 14.8 Å². The summed E-state index contributed by atoms with van der Waals surface area (Å²) >= 11 is 1.76. The monoisotopic (exact) mass is 399 g/mol. The molecule has 2 aliphatic rings. The van der Waals surface area contributed by atoms with E-state index in [0.29, 0.717) is 37.7 Å². The van der Waals surface area contributed by atoms with E-state index in [1.807, 2.05) is 28.1 Å². The summed E-state index contributed by atoms with van der Waals surface area (Å²) < 4.78 is 5.10. The molecule has 7 heteroatoms. The number of pyridine rings is 1.